The Bertz CT molecular complexity index is 933. The van der Waals surface area contributed by atoms with Gasteiger partial charge in [-0.15, -0.1) is 11.3 Å². The molecule has 2 heterocycles. The molecule has 0 atom stereocenters. The van der Waals surface area contributed by atoms with Crippen LogP contribution in [0.25, 0.3) is 10.2 Å². The Kier molecular flexibility index (Phi) is 4.00. The summed E-state index contributed by atoms with van der Waals surface area (Å²) in [5.41, 5.74) is 10.2. The number of aromatic nitrogens is 1. The standard InChI is InChI=1S/C17H16ClN3OS/c1-8-7-11(18)4-5-12(8)21-16(22)15-14(19)13-9(2)6-10(3)20-17(13)23-15/h4-7H,19H2,1-3H3,(H,21,22). The van der Waals surface area contributed by atoms with Crippen LogP contribution in [-0.4, -0.2) is 10.9 Å². The molecule has 1 aromatic carbocycles. The van der Waals surface area contributed by atoms with Gasteiger partial charge in [0, 0.05) is 21.8 Å². The van der Waals surface area contributed by atoms with E-state index in [1.807, 2.05) is 26.8 Å². The third-order valence-electron chi connectivity index (χ3n) is 3.67. The zero-order valence-electron chi connectivity index (χ0n) is 13.0. The minimum Gasteiger partial charge on any atom is -0.397 e. The van der Waals surface area contributed by atoms with Crippen molar-refractivity contribution < 1.29 is 4.79 Å². The van der Waals surface area contributed by atoms with Gasteiger partial charge in [-0.25, -0.2) is 4.98 Å². The van der Waals surface area contributed by atoms with Gasteiger partial charge in [-0.1, -0.05) is 11.6 Å². The van der Waals surface area contributed by atoms with E-state index in [-0.39, 0.29) is 5.91 Å². The first-order chi connectivity index (χ1) is 10.9. The number of fused-ring (bicyclic) bond motifs is 1. The van der Waals surface area contributed by atoms with Crippen molar-refractivity contribution in [3.05, 3.63) is 51.0 Å². The fraction of sp³-hybridized carbons (Fsp3) is 0.176. The molecule has 118 valence electrons. The summed E-state index contributed by atoms with van der Waals surface area (Å²) in [5.74, 6) is -0.229. The van der Waals surface area contributed by atoms with Gasteiger partial charge in [-0.2, -0.15) is 0 Å². The molecule has 0 aliphatic rings. The monoisotopic (exact) mass is 345 g/mol. The van der Waals surface area contributed by atoms with Crippen molar-refractivity contribution in [3.8, 4) is 0 Å². The fourth-order valence-corrected chi connectivity index (χ4v) is 3.92. The van der Waals surface area contributed by atoms with E-state index < -0.39 is 0 Å². The molecule has 1 amide bonds. The predicted octanol–water partition coefficient (Wildman–Crippen LogP) is 4.71. The van der Waals surface area contributed by atoms with Crippen LogP contribution in [0, 0.1) is 20.8 Å². The van der Waals surface area contributed by atoms with E-state index in [1.165, 1.54) is 11.3 Å². The van der Waals surface area contributed by atoms with Crippen LogP contribution < -0.4 is 11.1 Å². The van der Waals surface area contributed by atoms with Crippen molar-refractivity contribution in [1.82, 2.24) is 4.98 Å². The highest BCUT2D eigenvalue weighted by Crippen LogP contribution is 2.35. The molecule has 0 unspecified atom stereocenters. The van der Waals surface area contributed by atoms with Gasteiger partial charge >= 0.3 is 0 Å². The molecule has 0 aliphatic heterocycles. The quantitative estimate of drug-likeness (QED) is 0.706. The summed E-state index contributed by atoms with van der Waals surface area (Å²) in [6.07, 6.45) is 0. The highest BCUT2D eigenvalue weighted by Gasteiger charge is 2.19. The predicted molar refractivity (Wildman–Crippen MR) is 97.6 cm³/mol. The molecule has 0 saturated carbocycles. The number of amides is 1. The van der Waals surface area contributed by atoms with E-state index in [0.717, 1.165) is 32.7 Å². The summed E-state index contributed by atoms with van der Waals surface area (Å²) >= 11 is 7.26. The van der Waals surface area contributed by atoms with Crippen LogP contribution >= 0.6 is 22.9 Å². The molecule has 23 heavy (non-hydrogen) atoms. The smallest absolute Gasteiger partial charge is 0.267 e. The van der Waals surface area contributed by atoms with E-state index in [4.69, 9.17) is 17.3 Å². The largest absolute Gasteiger partial charge is 0.397 e. The van der Waals surface area contributed by atoms with Crippen molar-refractivity contribution in [1.29, 1.82) is 0 Å². The van der Waals surface area contributed by atoms with Gasteiger partial charge in [0.1, 0.15) is 9.71 Å². The first-order valence-corrected chi connectivity index (χ1v) is 8.30. The maximum atomic E-state index is 12.6. The molecule has 0 spiro atoms. The maximum Gasteiger partial charge on any atom is 0.267 e. The Morgan fingerprint density at radius 3 is 2.65 bits per heavy atom. The Balaban J connectivity index is 2.01. The zero-order valence-corrected chi connectivity index (χ0v) is 14.6. The molecule has 0 saturated heterocycles. The van der Waals surface area contributed by atoms with E-state index in [2.05, 4.69) is 10.3 Å². The van der Waals surface area contributed by atoms with Gasteiger partial charge in [-0.3, -0.25) is 4.79 Å². The number of hydrogen-bond acceptors (Lipinski definition) is 4. The lowest BCUT2D eigenvalue weighted by atomic mass is 10.1. The minimum atomic E-state index is -0.229. The average molecular weight is 346 g/mol. The van der Waals surface area contributed by atoms with E-state index in [0.29, 0.717) is 15.6 Å². The van der Waals surface area contributed by atoms with Gasteiger partial charge < -0.3 is 11.1 Å². The number of halogens is 1. The number of nitrogen functional groups attached to an aromatic ring is 1. The molecule has 2 aromatic heterocycles. The molecule has 6 heteroatoms. The highest BCUT2D eigenvalue weighted by atomic mass is 35.5. The second kappa shape index (κ2) is 5.83. The summed E-state index contributed by atoms with van der Waals surface area (Å²) in [6, 6.07) is 7.30. The molecule has 3 N–H and O–H groups in total. The van der Waals surface area contributed by atoms with Crippen molar-refractivity contribution in [2.45, 2.75) is 20.8 Å². The Morgan fingerprint density at radius 2 is 1.96 bits per heavy atom. The second-order valence-electron chi connectivity index (χ2n) is 5.52. The summed E-state index contributed by atoms with van der Waals surface area (Å²) in [5, 5.41) is 4.39. The lowest BCUT2D eigenvalue weighted by Crippen LogP contribution is -2.12. The Hall–Kier alpha value is -2.11. The molecule has 0 radical (unpaired) electrons. The molecular weight excluding hydrogens is 330 g/mol. The number of rotatable bonds is 2. The molecule has 0 fully saturated rings. The number of benzene rings is 1. The number of nitrogens with zero attached hydrogens (tertiary/aromatic N) is 1. The Labute approximate surface area is 143 Å². The lowest BCUT2D eigenvalue weighted by molar-refractivity contribution is 0.103. The van der Waals surface area contributed by atoms with Crippen molar-refractivity contribution in [2.24, 2.45) is 0 Å². The molecule has 0 bridgehead atoms. The number of carbonyl (C=O) groups is 1. The van der Waals surface area contributed by atoms with Crippen LogP contribution in [0.2, 0.25) is 5.02 Å². The molecule has 4 nitrogen and oxygen atoms in total. The second-order valence-corrected chi connectivity index (χ2v) is 6.95. The van der Waals surface area contributed by atoms with Crippen molar-refractivity contribution in [2.75, 3.05) is 11.1 Å². The van der Waals surface area contributed by atoms with Crippen LogP contribution in [0.15, 0.2) is 24.3 Å². The van der Waals surface area contributed by atoms with Crippen molar-refractivity contribution in [3.63, 3.8) is 0 Å². The van der Waals surface area contributed by atoms with Crippen LogP contribution in [0.4, 0.5) is 11.4 Å². The first-order valence-electron chi connectivity index (χ1n) is 7.10. The number of carbonyl (C=O) groups excluding carboxylic acids is 1. The molecular formula is C17H16ClN3OS. The zero-order chi connectivity index (χ0) is 16.7. The maximum absolute atomic E-state index is 12.6. The van der Waals surface area contributed by atoms with Crippen LogP contribution in [-0.2, 0) is 0 Å². The van der Waals surface area contributed by atoms with Gasteiger partial charge in [0.05, 0.1) is 5.69 Å². The third-order valence-corrected chi connectivity index (χ3v) is 5.00. The molecule has 3 rings (SSSR count). The van der Waals surface area contributed by atoms with Crippen LogP contribution in [0.3, 0.4) is 0 Å². The van der Waals surface area contributed by atoms with E-state index >= 15 is 0 Å². The number of thiophene rings is 1. The SMILES string of the molecule is Cc1cc(C)c2c(N)c(C(=O)Nc3ccc(Cl)cc3C)sc2n1. The Morgan fingerprint density at radius 1 is 1.22 bits per heavy atom. The number of nitrogens with two attached hydrogens (primary N) is 1. The third kappa shape index (κ3) is 2.90. The summed E-state index contributed by atoms with van der Waals surface area (Å²) in [6.45, 7) is 5.80. The van der Waals surface area contributed by atoms with Gasteiger partial charge in [0.2, 0.25) is 0 Å². The van der Waals surface area contributed by atoms with Crippen molar-refractivity contribution >= 4 is 50.4 Å². The number of hydrogen-bond donors (Lipinski definition) is 2. The first kappa shape index (κ1) is 15.8. The topological polar surface area (TPSA) is 68.0 Å². The minimum absolute atomic E-state index is 0.229. The van der Waals surface area contributed by atoms with Gasteiger partial charge in [-0.05, 0) is 56.2 Å². The summed E-state index contributed by atoms with van der Waals surface area (Å²) in [4.78, 5) is 18.3. The fourth-order valence-electron chi connectivity index (χ4n) is 2.58. The van der Waals surface area contributed by atoms with E-state index in [1.54, 1.807) is 18.2 Å². The summed E-state index contributed by atoms with van der Waals surface area (Å²) in [7, 11) is 0. The number of pyridine rings is 1. The lowest BCUT2D eigenvalue weighted by Gasteiger charge is -2.08. The normalized spacial score (nSPS) is 11.0. The van der Waals surface area contributed by atoms with Gasteiger partial charge in [0.15, 0.2) is 0 Å². The highest BCUT2D eigenvalue weighted by molar-refractivity contribution is 7.21. The number of aryl methyl sites for hydroxylation is 3. The van der Waals surface area contributed by atoms with Gasteiger partial charge in [0.25, 0.3) is 5.91 Å². The molecule has 3 aromatic rings. The number of nitrogens with one attached hydrogen (secondary N) is 1. The van der Waals surface area contributed by atoms with Crippen LogP contribution in [0.1, 0.15) is 26.5 Å². The average Bonchev–Trinajstić information content (AvgIpc) is 2.79. The number of anilines is 2. The summed E-state index contributed by atoms with van der Waals surface area (Å²) < 4.78 is 0. The molecule has 0 aliphatic carbocycles. The van der Waals surface area contributed by atoms with Crippen LogP contribution in [0.5, 0.6) is 0 Å². The van der Waals surface area contributed by atoms with E-state index in [9.17, 15) is 4.79 Å².